The minimum absolute atomic E-state index is 0.176. The fourth-order valence-corrected chi connectivity index (χ4v) is 2.16. The summed E-state index contributed by atoms with van der Waals surface area (Å²) in [5.74, 6) is 1.59. The van der Waals surface area contributed by atoms with Gasteiger partial charge in [-0.2, -0.15) is 0 Å². The van der Waals surface area contributed by atoms with Crippen molar-refractivity contribution in [1.82, 2.24) is 0 Å². The number of benzene rings is 1. The molecule has 3 heteroatoms. The van der Waals surface area contributed by atoms with Crippen molar-refractivity contribution in [2.45, 2.75) is 25.0 Å². The lowest BCUT2D eigenvalue weighted by Gasteiger charge is -2.19. The van der Waals surface area contributed by atoms with Crippen LogP contribution in [0.1, 0.15) is 24.5 Å². The lowest BCUT2D eigenvalue weighted by molar-refractivity contribution is 0.0260. The molecule has 92 valence electrons. The zero-order valence-electron chi connectivity index (χ0n) is 10.1. The Morgan fingerprint density at radius 1 is 1.35 bits per heavy atom. The van der Waals surface area contributed by atoms with Gasteiger partial charge in [0.15, 0.2) is 0 Å². The Kier molecular flexibility index (Phi) is 3.04. The number of hydrogen-bond acceptors (Lipinski definition) is 3. The van der Waals surface area contributed by atoms with Gasteiger partial charge in [0.25, 0.3) is 0 Å². The molecular formula is C14H18O3. The third-order valence-corrected chi connectivity index (χ3v) is 3.36. The van der Waals surface area contributed by atoms with E-state index in [-0.39, 0.29) is 6.10 Å². The summed E-state index contributed by atoms with van der Waals surface area (Å²) in [5.41, 5.74) is 1.18. The molecule has 1 aromatic rings. The second kappa shape index (κ2) is 4.67. The summed E-state index contributed by atoms with van der Waals surface area (Å²) >= 11 is 0. The Morgan fingerprint density at radius 2 is 2.12 bits per heavy atom. The highest BCUT2D eigenvalue weighted by atomic mass is 16.6. The van der Waals surface area contributed by atoms with E-state index in [2.05, 4.69) is 6.07 Å². The predicted octanol–water partition coefficient (Wildman–Crippen LogP) is 2.56. The molecule has 0 amide bonds. The van der Waals surface area contributed by atoms with Crippen molar-refractivity contribution in [3.63, 3.8) is 0 Å². The Hall–Kier alpha value is -1.06. The van der Waals surface area contributed by atoms with E-state index in [1.54, 1.807) is 7.11 Å². The number of methoxy groups -OCH3 is 1. The molecule has 3 rings (SSSR count). The Morgan fingerprint density at radius 3 is 2.76 bits per heavy atom. The number of epoxide rings is 1. The first kappa shape index (κ1) is 11.1. The molecule has 1 saturated carbocycles. The van der Waals surface area contributed by atoms with Crippen LogP contribution in [0.4, 0.5) is 0 Å². The van der Waals surface area contributed by atoms with E-state index in [4.69, 9.17) is 14.2 Å². The molecule has 2 fully saturated rings. The number of ether oxygens (including phenoxy) is 3. The number of rotatable bonds is 6. The van der Waals surface area contributed by atoms with Crippen LogP contribution in [0.2, 0.25) is 0 Å². The van der Waals surface area contributed by atoms with Crippen LogP contribution < -0.4 is 4.74 Å². The van der Waals surface area contributed by atoms with Crippen molar-refractivity contribution in [1.29, 1.82) is 0 Å². The van der Waals surface area contributed by atoms with Crippen LogP contribution in [-0.4, -0.2) is 26.4 Å². The maximum absolute atomic E-state index is 6.01. The first-order chi connectivity index (χ1) is 8.38. The van der Waals surface area contributed by atoms with Crippen LogP contribution in [0.15, 0.2) is 24.3 Å². The van der Waals surface area contributed by atoms with Gasteiger partial charge in [-0.05, 0) is 24.8 Å². The van der Waals surface area contributed by atoms with Gasteiger partial charge in [0.1, 0.15) is 11.9 Å². The van der Waals surface area contributed by atoms with Crippen LogP contribution in [0, 0.1) is 5.92 Å². The van der Waals surface area contributed by atoms with E-state index in [1.165, 1.54) is 18.4 Å². The predicted molar refractivity (Wildman–Crippen MR) is 64.2 cm³/mol. The Balaban J connectivity index is 1.75. The van der Waals surface area contributed by atoms with Gasteiger partial charge in [0, 0.05) is 5.56 Å². The third kappa shape index (κ3) is 2.61. The monoisotopic (exact) mass is 234 g/mol. The molecule has 2 atom stereocenters. The maximum atomic E-state index is 6.01. The van der Waals surface area contributed by atoms with Crippen molar-refractivity contribution in [2.24, 2.45) is 5.92 Å². The van der Waals surface area contributed by atoms with Gasteiger partial charge < -0.3 is 14.2 Å². The van der Waals surface area contributed by atoms with Gasteiger partial charge in [-0.25, -0.2) is 0 Å². The second-order valence-electron chi connectivity index (χ2n) is 4.79. The number of para-hydroxylation sites is 1. The van der Waals surface area contributed by atoms with Crippen molar-refractivity contribution in [2.75, 3.05) is 20.3 Å². The van der Waals surface area contributed by atoms with E-state index in [0.29, 0.717) is 18.6 Å². The van der Waals surface area contributed by atoms with Gasteiger partial charge in [0.05, 0.1) is 26.4 Å². The van der Waals surface area contributed by atoms with Gasteiger partial charge in [-0.15, -0.1) is 0 Å². The molecule has 1 saturated heterocycles. The highest BCUT2D eigenvalue weighted by Gasteiger charge is 2.36. The highest BCUT2D eigenvalue weighted by molar-refractivity contribution is 5.36. The first-order valence-electron chi connectivity index (χ1n) is 6.24. The maximum Gasteiger partial charge on any atom is 0.124 e. The zero-order valence-corrected chi connectivity index (χ0v) is 10.1. The molecule has 1 aliphatic carbocycles. The molecule has 0 spiro atoms. The summed E-state index contributed by atoms with van der Waals surface area (Å²) in [4.78, 5) is 0. The van der Waals surface area contributed by atoms with Crippen LogP contribution in [0.25, 0.3) is 0 Å². The van der Waals surface area contributed by atoms with Crippen molar-refractivity contribution in [3.05, 3.63) is 29.8 Å². The fraction of sp³-hybridized carbons (Fsp3) is 0.571. The molecule has 0 N–H and O–H groups in total. The van der Waals surface area contributed by atoms with Gasteiger partial charge in [-0.1, -0.05) is 18.2 Å². The molecule has 1 aliphatic heterocycles. The minimum Gasteiger partial charge on any atom is -0.496 e. The van der Waals surface area contributed by atoms with E-state index in [9.17, 15) is 0 Å². The standard InChI is InChI=1S/C14H18O3/c1-15-13-5-3-2-4-12(13)14(10-6-7-10)17-9-11-8-16-11/h2-5,10-11,14H,6-9H2,1H3/t11-,14-/m1/s1. The molecule has 0 unspecified atom stereocenters. The summed E-state index contributed by atoms with van der Waals surface area (Å²) in [6, 6.07) is 8.15. The van der Waals surface area contributed by atoms with E-state index < -0.39 is 0 Å². The third-order valence-electron chi connectivity index (χ3n) is 3.36. The van der Waals surface area contributed by atoms with Gasteiger partial charge in [0.2, 0.25) is 0 Å². The van der Waals surface area contributed by atoms with Gasteiger partial charge >= 0.3 is 0 Å². The van der Waals surface area contributed by atoms with Crippen LogP contribution in [-0.2, 0) is 9.47 Å². The lowest BCUT2D eigenvalue weighted by Crippen LogP contribution is -2.12. The van der Waals surface area contributed by atoms with Crippen molar-refractivity contribution in [3.8, 4) is 5.75 Å². The SMILES string of the molecule is COc1ccccc1[C@H](OC[C@H]1CO1)C1CC1. The number of hydrogen-bond donors (Lipinski definition) is 0. The van der Waals surface area contributed by atoms with Crippen LogP contribution in [0.3, 0.4) is 0 Å². The molecule has 2 aliphatic rings. The summed E-state index contributed by atoms with van der Waals surface area (Å²) < 4.78 is 16.6. The van der Waals surface area contributed by atoms with E-state index >= 15 is 0 Å². The average Bonchev–Trinajstić information content (AvgIpc) is 3.23. The van der Waals surface area contributed by atoms with Crippen molar-refractivity contribution < 1.29 is 14.2 Å². The Bertz CT molecular complexity index is 383. The molecule has 0 radical (unpaired) electrons. The largest absolute Gasteiger partial charge is 0.496 e. The molecule has 0 bridgehead atoms. The molecule has 1 heterocycles. The Labute approximate surface area is 102 Å². The summed E-state index contributed by atoms with van der Waals surface area (Å²) in [6.45, 7) is 1.56. The average molecular weight is 234 g/mol. The topological polar surface area (TPSA) is 31.0 Å². The molecule has 17 heavy (non-hydrogen) atoms. The normalized spacial score (nSPS) is 24.4. The van der Waals surface area contributed by atoms with E-state index in [1.807, 2.05) is 18.2 Å². The summed E-state index contributed by atoms with van der Waals surface area (Å²) in [5, 5.41) is 0. The van der Waals surface area contributed by atoms with Crippen molar-refractivity contribution >= 4 is 0 Å². The van der Waals surface area contributed by atoms with E-state index in [0.717, 1.165) is 12.4 Å². The zero-order chi connectivity index (χ0) is 11.7. The van der Waals surface area contributed by atoms with Crippen LogP contribution >= 0.6 is 0 Å². The minimum atomic E-state index is 0.176. The van der Waals surface area contributed by atoms with Crippen LogP contribution in [0.5, 0.6) is 5.75 Å². The lowest BCUT2D eigenvalue weighted by atomic mass is 10.0. The van der Waals surface area contributed by atoms with Gasteiger partial charge in [-0.3, -0.25) is 0 Å². The molecular weight excluding hydrogens is 216 g/mol. The molecule has 0 aromatic heterocycles. The fourth-order valence-electron chi connectivity index (χ4n) is 2.16. The quantitative estimate of drug-likeness (QED) is 0.709. The smallest absolute Gasteiger partial charge is 0.124 e. The highest BCUT2D eigenvalue weighted by Crippen LogP contribution is 2.45. The second-order valence-corrected chi connectivity index (χ2v) is 4.79. The first-order valence-corrected chi connectivity index (χ1v) is 6.24. The summed E-state index contributed by atoms with van der Waals surface area (Å²) in [7, 11) is 1.72. The summed E-state index contributed by atoms with van der Waals surface area (Å²) in [6.07, 6.45) is 3.02. The molecule has 1 aromatic carbocycles. The molecule has 3 nitrogen and oxygen atoms in total.